The first-order valence-electron chi connectivity index (χ1n) is 6.50. The van der Waals surface area contributed by atoms with Gasteiger partial charge in [0.1, 0.15) is 18.0 Å². The second kappa shape index (κ2) is 6.69. The van der Waals surface area contributed by atoms with Gasteiger partial charge in [-0.05, 0) is 31.2 Å². The number of aldehydes is 1. The third kappa shape index (κ3) is 3.47. The zero-order valence-corrected chi connectivity index (χ0v) is 11.9. The number of benzene rings is 1. The molecule has 0 amide bonds. The largest absolute Gasteiger partial charge is 0.497 e. The third-order valence-corrected chi connectivity index (χ3v) is 2.88. The monoisotopic (exact) mass is 288 g/mol. The molecule has 6 nitrogen and oxygen atoms in total. The Morgan fingerprint density at radius 2 is 2.05 bits per heavy atom. The zero-order valence-electron chi connectivity index (χ0n) is 11.9. The minimum Gasteiger partial charge on any atom is -0.497 e. The molecule has 0 unspecified atom stereocenters. The average molecular weight is 288 g/mol. The molecule has 1 aromatic carbocycles. The van der Waals surface area contributed by atoms with Crippen molar-refractivity contribution in [3.8, 4) is 17.0 Å². The van der Waals surface area contributed by atoms with Crippen LogP contribution in [-0.2, 0) is 16.1 Å². The summed E-state index contributed by atoms with van der Waals surface area (Å²) in [6.45, 7) is 2.03. The van der Waals surface area contributed by atoms with E-state index in [1.54, 1.807) is 26.2 Å². The van der Waals surface area contributed by atoms with Gasteiger partial charge in [0.05, 0.1) is 19.3 Å². The fraction of sp³-hybridized carbons (Fsp3) is 0.267. The summed E-state index contributed by atoms with van der Waals surface area (Å²) in [5.41, 5.74) is 1.72. The number of ether oxygens (including phenoxy) is 2. The molecule has 0 aliphatic rings. The molecule has 0 aliphatic carbocycles. The van der Waals surface area contributed by atoms with Gasteiger partial charge in [-0.15, -0.1) is 0 Å². The lowest BCUT2D eigenvalue weighted by Gasteiger charge is -2.02. The van der Waals surface area contributed by atoms with Crippen molar-refractivity contribution in [1.29, 1.82) is 0 Å². The van der Waals surface area contributed by atoms with Crippen molar-refractivity contribution in [2.24, 2.45) is 0 Å². The number of aromatic nitrogens is 2. The SMILES string of the molecule is CCOC(=O)Cn1cc(C=O)c(-c2ccc(OC)cc2)n1. The van der Waals surface area contributed by atoms with Crippen LogP contribution in [0.3, 0.4) is 0 Å². The second-order valence-electron chi connectivity index (χ2n) is 4.28. The molecule has 0 saturated carbocycles. The topological polar surface area (TPSA) is 70.4 Å². The van der Waals surface area contributed by atoms with Gasteiger partial charge in [-0.3, -0.25) is 14.3 Å². The van der Waals surface area contributed by atoms with Gasteiger partial charge in [0.15, 0.2) is 6.29 Å². The maximum Gasteiger partial charge on any atom is 0.327 e. The van der Waals surface area contributed by atoms with Crippen LogP contribution in [0.4, 0.5) is 0 Å². The molecule has 0 atom stereocenters. The summed E-state index contributed by atoms with van der Waals surface area (Å²) in [7, 11) is 1.58. The highest BCUT2D eigenvalue weighted by molar-refractivity contribution is 5.85. The van der Waals surface area contributed by atoms with Gasteiger partial charge in [0.2, 0.25) is 0 Å². The number of hydrogen-bond acceptors (Lipinski definition) is 5. The molecular weight excluding hydrogens is 272 g/mol. The molecule has 2 aromatic rings. The second-order valence-corrected chi connectivity index (χ2v) is 4.28. The molecule has 0 fully saturated rings. The number of nitrogens with zero attached hydrogens (tertiary/aromatic N) is 2. The van der Waals surface area contributed by atoms with Crippen molar-refractivity contribution in [3.63, 3.8) is 0 Å². The molecule has 0 N–H and O–H groups in total. The Bertz CT molecular complexity index is 632. The fourth-order valence-corrected chi connectivity index (χ4v) is 1.92. The van der Waals surface area contributed by atoms with Crippen LogP contribution in [0.15, 0.2) is 30.5 Å². The molecule has 1 heterocycles. The lowest BCUT2D eigenvalue weighted by atomic mass is 10.1. The predicted octanol–water partition coefficient (Wildman–Crippen LogP) is 1.93. The van der Waals surface area contributed by atoms with Crippen LogP contribution in [0.2, 0.25) is 0 Å². The van der Waals surface area contributed by atoms with Gasteiger partial charge in [-0.1, -0.05) is 0 Å². The molecule has 1 aromatic heterocycles. The molecule has 21 heavy (non-hydrogen) atoms. The summed E-state index contributed by atoms with van der Waals surface area (Å²) in [4.78, 5) is 22.6. The van der Waals surface area contributed by atoms with Crippen molar-refractivity contribution in [1.82, 2.24) is 9.78 Å². The van der Waals surface area contributed by atoms with E-state index in [-0.39, 0.29) is 6.54 Å². The molecule has 6 heteroatoms. The van der Waals surface area contributed by atoms with Crippen LogP contribution in [0, 0.1) is 0 Å². The van der Waals surface area contributed by atoms with E-state index < -0.39 is 5.97 Å². The van der Waals surface area contributed by atoms with E-state index in [4.69, 9.17) is 9.47 Å². The highest BCUT2D eigenvalue weighted by atomic mass is 16.5. The lowest BCUT2D eigenvalue weighted by molar-refractivity contribution is -0.144. The van der Waals surface area contributed by atoms with E-state index in [9.17, 15) is 9.59 Å². The van der Waals surface area contributed by atoms with E-state index in [1.807, 2.05) is 12.1 Å². The van der Waals surface area contributed by atoms with Gasteiger partial charge >= 0.3 is 5.97 Å². The van der Waals surface area contributed by atoms with Crippen LogP contribution in [-0.4, -0.2) is 35.8 Å². The van der Waals surface area contributed by atoms with Crippen LogP contribution < -0.4 is 4.74 Å². The lowest BCUT2D eigenvalue weighted by Crippen LogP contribution is -2.13. The van der Waals surface area contributed by atoms with Gasteiger partial charge in [0.25, 0.3) is 0 Å². The number of carbonyl (C=O) groups is 2. The van der Waals surface area contributed by atoms with Crippen LogP contribution >= 0.6 is 0 Å². The minimum absolute atomic E-state index is 0.0230. The quantitative estimate of drug-likeness (QED) is 0.600. The first-order valence-corrected chi connectivity index (χ1v) is 6.50. The third-order valence-electron chi connectivity index (χ3n) is 2.88. The Hall–Kier alpha value is -2.63. The highest BCUT2D eigenvalue weighted by Gasteiger charge is 2.13. The molecule has 0 spiro atoms. The smallest absolute Gasteiger partial charge is 0.327 e. The Labute approximate surface area is 122 Å². The average Bonchev–Trinajstić information content (AvgIpc) is 2.90. The summed E-state index contributed by atoms with van der Waals surface area (Å²) in [6.07, 6.45) is 2.25. The summed E-state index contributed by atoms with van der Waals surface area (Å²) in [5, 5.41) is 4.27. The Kier molecular flexibility index (Phi) is 4.71. The van der Waals surface area contributed by atoms with Gasteiger partial charge in [0, 0.05) is 11.8 Å². The normalized spacial score (nSPS) is 10.2. The zero-order chi connectivity index (χ0) is 15.2. The standard InChI is InChI=1S/C15H16N2O4/c1-3-21-14(19)9-17-8-12(10-18)15(16-17)11-4-6-13(20-2)7-5-11/h4-8,10H,3,9H2,1-2H3. The molecular formula is C15H16N2O4. The first kappa shape index (κ1) is 14.8. The fourth-order valence-electron chi connectivity index (χ4n) is 1.92. The van der Waals surface area contributed by atoms with E-state index in [0.29, 0.717) is 24.2 Å². The minimum atomic E-state index is -0.390. The van der Waals surface area contributed by atoms with Gasteiger partial charge < -0.3 is 9.47 Å². The number of rotatable bonds is 6. The Balaban J connectivity index is 2.27. The van der Waals surface area contributed by atoms with Crippen molar-refractivity contribution >= 4 is 12.3 Å². The molecule has 2 rings (SSSR count). The van der Waals surface area contributed by atoms with Crippen LogP contribution in [0.1, 0.15) is 17.3 Å². The highest BCUT2D eigenvalue weighted by Crippen LogP contribution is 2.23. The van der Waals surface area contributed by atoms with E-state index >= 15 is 0 Å². The van der Waals surface area contributed by atoms with Crippen molar-refractivity contribution in [3.05, 3.63) is 36.0 Å². The summed E-state index contributed by atoms with van der Waals surface area (Å²) in [6, 6.07) is 7.19. The summed E-state index contributed by atoms with van der Waals surface area (Å²) in [5.74, 6) is 0.330. The predicted molar refractivity (Wildman–Crippen MR) is 76.2 cm³/mol. The van der Waals surface area contributed by atoms with Crippen molar-refractivity contribution in [2.45, 2.75) is 13.5 Å². The van der Waals surface area contributed by atoms with Crippen LogP contribution in [0.5, 0.6) is 5.75 Å². The molecule has 0 radical (unpaired) electrons. The maximum atomic E-state index is 11.5. The van der Waals surface area contributed by atoms with Crippen molar-refractivity contribution < 1.29 is 19.1 Å². The first-order chi connectivity index (χ1) is 10.2. The van der Waals surface area contributed by atoms with Crippen LogP contribution in [0.25, 0.3) is 11.3 Å². The van der Waals surface area contributed by atoms with E-state index in [2.05, 4.69) is 5.10 Å². The number of methoxy groups -OCH3 is 1. The summed E-state index contributed by atoms with van der Waals surface area (Å²) < 4.78 is 11.4. The summed E-state index contributed by atoms with van der Waals surface area (Å²) >= 11 is 0. The van der Waals surface area contributed by atoms with Crippen molar-refractivity contribution in [2.75, 3.05) is 13.7 Å². The molecule has 0 saturated heterocycles. The number of hydrogen-bond donors (Lipinski definition) is 0. The Morgan fingerprint density at radius 1 is 1.33 bits per heavy atom. The maximum absolute atomic E-state index is 11.5. The van der Waals surface area contributed by atoms with Gasteiger partial charge in [-0.2, -0.15) is 5.10 Å². The number of carbonyl (C=O) groups excluding carboxylic acids is 2. The van der Waals surface area contributed by atoms with E-state index in [1.165, 1.54) is 10.9 Å². The molecule has 0 bridgehead atoms. The van der Waals surface area contributed by atoms with Gasteiger partial charge in [-0.25, -0.2) is 0 Å². The molecule has 0 aliphatic heterocycles. The molecule has 110 valence electrons. The van der Waals surface area contributed by atoms with E-state index in [0.717, 1.165) is 11.3 Å². The number of esters is 1. The Morgan fingerprint density at radius 3 is 2.62 bits per heavy atom.